The molecule has 1 aliphatic rings. The lowest BCUT2D eigenvalue weighted by molar-refractivity contribution is 0.0963. The molecule has 2 N–H and O–H groups in total. The van der Waals surface area contributed by atoms with Crippen molar-refractivity contribution in [1.29, 1.82) is 0 Å². The zero-order chi connectivity index (χ0) is 19.2. The van der Waals surface area contributed by atoms with E-state index in [4.69, 9.17) is 4.74 Å². The van der Waals surface area contributed by atoms with Gasteiger partial charge in [-0.1, -0.05) is 19.3 Å². The number of nitrogens with one attached hydrogen (secondary N) is 2. The molecule has 0 aromatic carbocycles. The van der Waals surface area contributed by atoms with Crippen LogP contribution in [0, 0.1) is 0 Å². The van der Waals surface area contributed by atoms with Gasteiger partial charge in [0.1, 0.15) is 0 Å². The molecule has 0 saturated carbocycles. The minimum absolute atomic E-state index is 0.195. The molecule has 0 aliphatic carbocycles. The number of hydrogen-bond acceptors (Lipinski definition) is 4. The van der Waals surface area contributed by atoms with Gasteiger partial charge in [0.2, 0.25) is 0 Å². The van der Waals surface area contributed by atoms with Crippen LogP contribution in [0.4, 0.5) is 4.79 Å². The van der Waals surface area contributed by atoms with Gasteiger partial charge in [-0.2, -0.15) is 0 Å². The van der Waals surface area contributed by atoms with Crippen molar-refractivity contribution in [1.82, 2.24) is 20.4 Å². The first-order valence-electron chi connectivity index (χ1n) is 10.1. The smallest absolute Gasteiger partial charge is 0.409 e. The molecular formula is C19H39N5O2. The molecule has 7 nitrogen and oxygen atoms in total. The van der Waals surface area contributed by atoms with Crippen molar-refractivity contribution in [3.63, 3.8) is 0 Å². The molecule has 0 atom stereocenters. The molecule has 1 heterocycles. The Balaban J connectivity index is 2.10. The highest BCUT2D eigenvalue weighted by molar-refractivity contribution is 5.80. The SMILES string of the molecule is CCOC(=O)N1CCC(NC(=NC)NCCCCCCCN(C)C)CC1. The summed E-state index contributed by atoms with van der Waals surface area (Å²) >= 11 is 0. The molecule has 0 aromatic heterocycles. The highest BCUT2D eigenvalue weighted by Gasteiger charge is 2.23. The van der Waals surface area contributed by atoms with Crippen LogP contribution in [0.5, 0.6) is 0 Å². The van der Waals surface area contributed by atoms with Gasteiger partial charge in [-0.15, -0.1) is 0 Å². The standard InChI is InChI=1S/C19H39N5O2/c1-5-26-19(25)24-15-11-17(12-16-24)22-18(20-2)21-13-9-7-6-8-10-14-23(3)4/h17H,5-16H2,1-4H3,(H2,20,21,22). The summed E-state index contributed by atoms with van der Waals surface area (Å²) in [5.41, 5.74) is 0. The number of likely N-dealkylation sites (tertiary alicyclic amines) is 1. The molecule has 1 rings (SSSR count). The predicted octanol–water partition coefficient (Wildman–Crippen LogP) is 2.28. The van der Waals surface area contributed by atoms with Crippen LogP contribution in [-0.4, -0.2) is 81.8 Å². The van der Waals surface area contributed by atoms with Crippen molar-refractivity contribution >= 4 is 12.1 Å². The molecule has 0 unspecified atom stereocenters. The summed E-state index contributed by atoms with van der Waals surface area (Å²) in [7, 11) is 6.07. The summed E-state index contributed by atoms with van der Waals surface area (Å²) < 4.78 is 5.06. The number of carbonyl (C=O) groups excluding carboxylic acids is 1. The van der Waals surface area contributed by atoms with E-state index in [0.717, 1.165) is 38.4 Å². The number of rotatable bonds is 10. The molecule has 152 valence electrons. The number of piperidine rings is 1. The minimum atomic E-state index is -0.195. The number of nitrogens with zero attached hydrogens (tertiary/aromatic N) is 3. The van der Waals surface area contributed by atoms with E-state index >= 15 is 0 Å². The van der Waals surface area contributed by atoms with Crippen molar-refractivity contribution in [3.8, 4) is 0 Å². The monoisotopic (exact) mass is 369 g/mol. The second-order valence-corrected chi connectivity index (χ2v) is 7.17. The first-order chi connectivity index (χ1) is 12.6. The number of unbranched alkanes of at least 4 members (excludes halogenated alkanes) is 4. The molecule has 7 heteroatoms. The summed E-state index contributed by atoms with van der Waals surface area (Å²) in [6.07, 6.45) is 7.97. The topological polar surface area (TPSA) is 69.2 Å². The van der Waals surface area contributed by atoms with Gasteiger partial charge in [0, 0.05) is 32.7 Å². The van der Waals surface area contributed by atoms with Gasteiger partial charge in [-0.3, -0.25) is 4.99 Å². The molecule has 0 radical (unpaired) electrons. The number of hydrogen-bond donors (Lipinski definition) is 2. The summed E-state index contributed by atoms with van der Waals surface area (Å²) in [5.74, 6) is 0.868. The highest BCUT2D eigenvalue weighted by atomic mass is 16.6. The third-order valence-corrected chi connectivity index (χ3v) is 4.66. The van der Waals surface area contributed by atoms with Crippen LogP contribution >= 0.6 is 0 Å². The van der Waals surface area contributed by atoms with Gasteiger partial charge < -0.3 is 25.2 Å². The van der Waals surface area contributed by atoms with Crippen molar-refractivity contribution < 1.29 is 9.53 Å². The Hall–Kier alpha value is -1.50. The van der Waals surface area contributed by atoms with E-state index in [1.54, 1.807) is 4.90 Å². The first kappa shape index (κ1) is 22.5. The second-order valence-electron chi connectivity index (χ2n) is 7.17. The van der Waals surface area contributed by atoms with E-state index in [9.17, 15) is 4.79 Å². The summed E-state index contributed by atoms with van der Waals surface area (Å²) in [4.78, 5) is 20.1. The molecule has 0 bridgehead atoms. The molecule has 1 aliphatic heterocycles. The van der Waals surface area contributed by atoms with Gasteiger partial charge in [-0.05, 0) is 53.2 Å². The Labute approximate surface area is 159 Å². The Morgan fingerprint density at radius 2 is 1.81 bits per heavy atom. The fourth-order valence-electron chi connectivity index (χ4n) is 3.10. The Kier molecular flexibility index (Phi) is 11.9. The minimum Gasteiger partial charge on any atom is -0.450 e. The van der Waals surface area contributed by atoms with Crippen molar-refractivity contribution in [2.45, 2.75) is 57.9 Å². The second kappa shape index (κ2) is 13.7. The van der Waals surface area contributed by atoms with Crippen LogP contribution in [0.25, 0.3) is 0 Å². The predicted molar refractivity (Wildman–Crippen MR) is 108 cm³/mol. The Bertz CT molecular complexity index is 407. The van der Waals surface area contributed by atoms with Gasteiger partial charge >= 0.3 is 6.09 Å². The third-order valence-electron chi connectivity index (χ3n) is 4.66. The largest absolute Gasteiger partial charge is 0.450 e. The lowest BCUT2D eigenvalue weighted by Crippen LogP contribution is -2.50. The van der Waals surface area contributed by atoms with E-state index in [-0.39, 0.29) is 6.09 Å². The lowest BCUT2D eigenvalue weighted by atomic mass is 10.1. The van der Waals surface area contributed by atoms with Crippen molar-refractivity contribution in [3.05, 3.63) is 0 Å². The average molecular weight is 370 g/mol. The average Bonchev–Trinajstić information content (AvgIpc) is 2.63. The highest BCUT2D eigenvalue weighted by Crippen LogP contribution is 2.11. The summed E-state index contributed by atoms with van der Waals surface area (Å²) in [6.45, 7) is 5.88. The summed E-state index contributed by atoms with van der Waals surface area (Å²) in [5, 5.41) is 6.88. The van der Waals surface area contributed by atoms with Gasteiger partial charge in [0.25, 0.3) is 0 Å². The molecule has 0 spiro atoms. The van der Waals surface area contributed by atoms with E-state index in [1.807, 2.05) is 14.0 Å². The quantitative estimate of drug-likeness (QED) is 0.351. The van der Waals surface area contributed by atoms with Crippen LogP contribution in [0.1, 0.15) is 51.9 Å². The fraction of sp³-hybridized carbons (Fsp3) is 0.895. The van der Waals surface area contributed by atoms with Crippen LogP contribution in [-0.2, 0) is 4.74 Å². The van der Waals surface area contributed by atoms with E-state index in [2.05, 4.69) is 34.6 Å². The number of ether oxygens (including phenoxy) is 1. The molecule has 1 saturated heterocycles. The maximum atomic E-state index is 11.7. The lowest BCUT2D eigenvalue weighted by Gasteiger charge is -2.32. The first-order valence-corrected chi connectivity index (χ1v) is 10.1. The van der Waals surface area contributed by atoms with Crippen LogP contribution in [0.3, 0.4) is 0 Å². The van der Waals surface area contributed by atoms with Crippen molar-refractivity contribution in [2.24, 2.45) is 4.99 Å². The molecular weight excluding hydrogens is 330 g/mol. The molecule has 1 fully saturated rings. The van der Waals surface area contributed by atoms with Gasteiger partial charge in [-0.25, -0.2) is 4.79 Å². The number of amides is 1. The fourth-order valence-corrected chi connectivity index (χ4v) is 3.10. The van der Waals surface area contributed by atoms with Crippen LogP contribution in [0.15, 0.2) is 4.99 Å². The molecule has 26 heavy (non-hydrogen) atoms. The van der Waals surface area contributed by atoms with Gasteiger partial charge in [0.05, 0.1) is 6.61 Å². The van der Waals surface area contributed by atoms with Gasteiger partial charge in [0.15, 0.2) is 5.96 Å². The van der Waals surface area contributed by atoms with Crippen LogP contribution < -0.4 is 10.6 Å². The number of carbonyl (C=O) groups is 1. The molecule has 1 amide bonds. The normalized spacial score (nSPS) is 16.0. The third kappa shape index (κ3) is 9.85. The van der Waals surface area contributed by atoms with E-state index in [0.29, 0.717) is 12.6 Å². The van der Waals surface area contributed by atoms with Crippen molar-refractivity contribution in [2.75, 3.05) is 53.9 Å². The Morgan fingerprint density at radius 3 is 2.42 bits per heavy atom. The molecule has 0 aromatic rings. The van der Waals surface area contributed by atoms with E-state index < -0.39 is 0 Å². The zero-order valence-electron chi connectivity index (χ0n) is 17.2. The maximum Gasteiger partial charge on any atom is 0.409 e. The van der Waals surface area contributed by atoms with E-state index in [1.165, 1.54) is 38.6 Å². The Morgan fingerprint density at radius 1 is 1.15 bits per heavy atom. The maximum absolute atomic E-state index is 11.7. The number of aliphatic imine (C=N–C) groups is 1. The number of guanidine groups is 1. The summed E-state index contributed by atoms with van der Waals surface area (Å²) in [6, 6.07) is 0.359. The zero-order valence-corrected chi connectivity index (χ0v) is 17.2. The van der Waals surface area contributed by atoms with Crippen LogP contribution in [0.2, 0.25) is 0 Å².